The van der Waals surface area contributed by atoms with E-state index in [0.717, 1.165) is 0 Å². The molecule has 0 bridgehead atoms. The molecule has 4 heterocycles. The van der Waals surface area contributed by atoms with E-state index in [1.54, 1.807) is 47.5 Å². The summed E-state index contributed by atoms with van der Waals surface area (Å²) in [5, 5.41) is 31.4. The predicted molar refractivity (Wildman–Crippen MR) is 148 cm³/mol. The Balaban J connectivity index is 1.30. The monoisotopic (exact) mass is 611 g/mol. The van der Waals surface area contributed by atoms with Crippen molar-refractivity contribution in [2.45, 2.75) is 62.7 Å². The first-order chi connectivity index (χ1) is 20.5. The average Bonchev–Trinajstić information content (AvgIpc) is 3.79. The first-order valence-electron chi connectivity index (χ1n) is 14.3. The zero-order valence-electron chi connectivity index (χ0n) is 23.6. The molecule has 3 fully saturated rings. The van der Waals surface area contributed by atoms with Gasteiger partial charge in [-0.05, 0) is 49.3 Å². The van der Waals surface area contributed by atoms with Crippen molar-refractivity contribution in [3.8, 4) is 0 Å². The molecule has 2 aliphatic heterocycles. The van der Waals surface area contributed by atoms with Crippen LogP contribution in [0.1, 0.15) is 58.7 Å². The third-order valence-electron chi connectivity index (χ3n) is 8.70. The van der Waals surface area contributed by atoms with Gasteiger partial charge in [0.1, 0.15) is 5.69 Å². The molecule has 43 heavy (non-hydrogen) atoms. The molecule has 0 unspecified atom stereocenters. The molecule has 4 amide bonds. The number of carboxylic acids is 2. The molecule has 2 aromatic heterocycles. The van der Waals surface area contributed by atoms with Crippen molar-refractivity contribution < 1.29 is 39.0 Å². The van der Waals surface area contributed by atoms with Gasteiger partial charge < -0.3 is 44.8 Å². The van der Waals surface area contributed by atoms with Crippen molar-refractivity contribution in [1.29, 1.82) is 0 Å². The van der Waals surface area contributed by atoms with E-state index in [2.05, 4.69) is 10.6 Å². The highest BCUT2D eigenvalue weighted by atomic mass is 32.1. The van der Waals surface area contributed by atoms with Gasteiger partial charge in [-0.2, -0.15) is 0 Å². The Morgan fingerprint density at radius 2 is 1.33 bits per heavy atom. The van der Waals surface area contributed by atoms with Crippen molar-refractivity contribution in [2.24, 2.45) is 18.9 Å². The Kier molecular flexibility index (Phi) is 8.85. The van der Waals surface area contributed by atoms with Crippen LogP contribution in [0.15, 0.2) is 35.8 Å². The third kappa shape index (κ3) is 6.28. The number of aromatic nitrogens is 1. The summed E-state index contributed by atoms with van der Waals surface area (Å²) in [6.45, 7) is -0.113. The quantitative estimate of drug-likeness (QED) is 0.361. The van der Waals surface area contributed by atoms with E-state index in [9.17, 15) is 39.0 Å². The molecule has 5 rings (SSSR count). The number of aliphatic carboxylic acids is 2. The van der Waals surface area contributed by atoms with Gasteiger partial charge in [0, 0.05) is 50.3 Å². The van der Waals surface area contributed by atoms with Crippen LogP contribution in [-0.4, -0.2) is 87.2 Å². The fraction of sp³-hybridized carbons (Fsp3) is 0.517. The number of rotatable bonds is 8. The number of thiophene rings is 1. The summed E-state index contributed by atoms with van der Waals surface area (Å²) in [7, 11) is 1.70. The zero-order chi connectivity index (χ0) is 30.8. The van der Waals surface area contributed by atoms with Crippen LogP contribution in [0.2, 0.25) is 0 Å². The van der Waals surface area contributed by atoms with Crippen LogP contribution < -0.4 is 20.8 Å². The van der Waals surface area contributed by atoms with Gasteiger partial charge in [-0.15, -0.1) is 11.3 Å². The van der Waals surface area contributed by atoms with Crippen LogP contribution in [0.3, 0.4) is 0 Å². The number of carbonyl (C=O) groups excluding carboxylic acids is 6. The van der Waals surface area contributed by atoms with Gasteiger partial charge in [0.05, 0.1) is 28.9 Å². The summed E-state index contributed by atoms with van der Waals surface area (Å²) in [5.41, 5.74) is 0.380. The minimum Gasteiger partial charge on any atom is -0.548 e. The van der Waals surface area contributed by atoms with Crippen molar-refractivity contribution in [3.05, 3.63) is 46.4 Å². The van der Waals surface area contributed by atoms with Crippen LogP contribution in [0.25, 0.3) is 0 Å². The highest BCUT2D eigenvalue weighted by molar-refractivity contribution is 7.12. The largest absolute Gasteiger partial charge is 0.548 e. The number of hydrogen-bond donors (Lipinski definition) is 2. The maximum Gasteiger partial charge on any atom is 0.268 e. The lowest BCUT2D eigenvalue weighted by molar-refractivity contribution is -0.312. The Morgan fingerprint density at radius 1 is 0.791 bits per heavy atom. The third-order valence-corrected chi connectivity index (χ3v) is 9.57. The van der Waals surface area contributed by atoms with E-state index in [1.165, 1.54) is 21.1 Å². The molecule has 2 aromatic rings. The molecule has 14 heteroatoms. The summed E-state index contributed by atoms with van der Waals surface area (Å²) in [6.07, 6.45) is 3.57. The normalized spacial score (nSPS) is 27.1. The summed E-state index contributed by atoms with van der Waals surface area (Å²) in [5.74, 6) is -6.47. The minimum absolute atomic E-state index is 0.0298. The molecular weight excluding hydrogens is 578 g/mol. The summed E-state index contributed by atoms with van der Waals surface area (Å²) in [6, 6.07) is 2.87. The number of aryl methyl sites for hydroxylation is 1. The average molecular weight is 612 g/mol. The molecular formula is C29H33N5O8S-2. The molecule has 2 N–H and O–H groups in total. The number of carboxylic acid groups (broad SMARTS) is 2. The summed E-state index contributed by atoms with van der Waals surface area (Å²) < 4.78 is 1.62. The standard InChI is InChI=1S/C29H35N5O8S/c1-32-10-4-8-20(32)24(35)30-16-12-21(28(39)40)33(14-16)26(37)18-6-2-3-7-19(18)27(38)34-15-17(13-22(34)29(41)42)31-25(36)23-9-5-11-43-23/h4-5,8-11,16-19,21-22H,2-3,6-7,12-15H2,1H3,(H,30,35)(H,31,36)(H,39,40)(H,41,42)/p-2/t16-,17-,18-,19-,21-,22-/m0/s1. The van der Waals surface area contributed by atoms with Crippen molar-refractivity contribution in [2.75, 3.05) is 13.1 Å². The predicted octanol–water partition coefficient (Wildman–Crippen LogP) is -1.51. The first-order valence-corrected chi connectivity index (χ1v) is 15.2. The van der Waals surface area contributed by atoms with E-state index < -0.39 is 65.7 Å². The topological polar surface area (TPSA) is 184 Å². The van der Waals surface area contributed by atoms with Gasteiger partial charge in [0.25, 0.3) is 11.8 Å². The van der Waals surface area contributed by atoms with Crippen LogP contribution in [0.5, 0.6) is 0 Å². The number of likely N-dealkylation sites (tertiary alicyclic amines) is 2. The second kappa shape index (κ2) is 12.6. The van der Waals surface area contributed by atoms with E-state index >= 15 is 0 Å². The summed E-state index contributed by atoms with van der Waals surface area (Å²) in [4.78, 5) is 80.0. The van der Waals surface area contributed by atoms with E-state index in [4.69, 9.17) is 0 Å². The van der Waals surface area contributed by atoms with E-state index in [0.29, 0.717) is 36.3 Å². The zero-order valence-corrected chi connectivity index (χ0v) is 24.4. The van der Waals surface area contributed by atoms with Crippen LogP contribution in [0, 0.1) is 11.8 Å². The van der Waals surface area contributed by atoms with Crippen molar-refractivity contribution in [3.63, 3.8) is 0 Å². The Hall–Kier alpha value is -4.20. The fourth-order valence-corrected chi connectivity index (χ4v) is 7.21. The smallest absolute Gasteiger partial charge is 0.268 e. The molecule has 2 saturated heterocycles. The van der Waals surface area contributed by atoms with E-state index in [-0.39, 0.29) is 31.8 Å². The van der Waals surface area contributed by atoms with Gasteiger partial charge in [-0.3, -0.25) is 19.2 Å². The van der Waals surface area contributed by atoms with E-state index in [1.807, 2.05) is 0 Å². The lowest BCUT2D eigenvalue weighted by atomic mass is 9.77. The molecule has 13 nitrogen and oxygen atoms in total. The molecule has 6 atom stereocenters. The van der Waals surface area contributed by atoms with Gasteiger partial charge in [0.15, 0.2) is 0 Å². The number of amides is 4. The lowest BCUT2D eigenvalue weighted by Crippen LogP contribution is -2.54. The lowest BCUT2D eigenvalue weighted by Gasteiger charge is -2.37. The molecule has 0 radical (unpaired) electrons. The Labute approximate surface area is 251 Å². The van der Waals surface area contributed by atoms with Gasteiger partial charge >= 0.3 is 0 Å². The second-order valence-corrected chi connectivity index (χ2v) is 12.4. The second-order valence-electron chi connectivity index (χ2n) is 11.4. The fourth-order valence-electron chi connectivity index (χ4n) is 6.58. The molecule has 1 saturated carbocycles. The summed E-state index contributed by atoms with van der Waals surface area (Å²) >= 11 is 1.24. The van der Waals surface area contributed by atoms with Gasteiger partial charge in [-0.1, -0.05) is 18.9 Å². The number of nitrogens with one attached hydrogen (secondary N) is 2. The van der Waals surface area contributed by atoms with Gasteiger partial charge in [-0.25, -0.2) is 0 Å². The number of nitrogens with zero attached hydrogens (tertiary/aromatic N) is 3. The Morgan fingerprint density at radius 3 is 1.77 bits per heavy atom. The molecule has 0 aromatic carbocycles. The SMILES string of the molecule is Cn1cccc1C(=O)N[C@H]1C[C@@H](C(=O)[O-])N(C(=O)[C@H]2CCCC[C@@H]2C(=O)N2C[C@@H](NC(=O)c3cccs3)C[C@H]2C(=O)[O-])C1. The Bertz CT molecular complexity index is 1410. The molecule has 3 aliphatic rings. The molecule has 1 aliphatic carbocycles. The molecule has 230 valence electrons. The van der Waals surface area contributed by atoms with Crippen LogP contribution in [0.4, 0.5) is 0 Å². The maximum absolute atomic E-state index is 13.9. The van der Waals surface area contributed by atoms with Crippen molar-refractivity contribution >= 4 is 46.9 Å². The van der Waals surface area contributed by atoms with Gasteiger partial charge in [0.2, 0.25) is 11.8 Å². The highest BCUT2D eigenvalue weighted by Gasteiger charge is 2.47. The first kappa shape index (κ1) is 30.3. The van der Waals surface area contributed by atoms with Crippen LogP contribution in [-0.2, 0) is 26.2 Å². The maximum atomic E-state index is 13.9. The molecule has 0 spiro atoms. The van der Waals surface area contributed by atoms with Crippen LogP contribution >= 0.6 is 11.3 Å². The highest BCUT2D eigenvalue weighted by Crippen LogP contribution is 2.36. The minimum atomic E-state index is -1.46. The number of hydrogen-bond acceptors (Lipinski definition) is 9. The van der Waals surface area contributed by atoms with Crippen molar-refractivity contribution in [1.82, 2.24) is 25.0 Å². The number of carbonyl (C=O) groups is 6.